The molecule has 2 amide bonds. The molecule has 0 spiro atoms. The van der Waals surface area contributed by atoms with E-state index >= 15 is 0 Å². The summed E-state index contributed by atoms with van der Waals surface area (Å²) >= 11 is 0. The highest BCUT2D eigenvalue weighted by Gasteiger charge is 2.22. The fourth-order valence-corrected chi connectivity index (χ4v) is 1.16. The quantitative estimate of drug-likeness (QED) is 0.536. The van der Waals surface area contributed by atoms with Crippen molar-refractivity contribution in [2.24, 2.45) is 0 Å². The second-order valence-electron chi connectivity index (χ2n) is 3.43. The molecule has 0 aliphatic heterocycles. The van der Waals surface area contributed by atoms with Crippen molar-refractivity contribution in [3.63, 3.8) is 0 Å². The molecule has 0 radical (unpaired) electrons. The van der Waals surface area contributed by atoms with E-state index in [9.17, 15) is 9.59 Å². The number of carbonyl (C=O) groups excluding carboxylic acids is 2. The van der Waals surface area contributed by atoms with Crippen LogP contribution in [0.4, 0.5) is 0 Å². The van der Waals surface area contributed by atoms with E-state index in [1.54, 1.807) is 6.07 Å². The molecule has 0 aromatic heterocycles. The van der Waals surface area contributed by atoms with Gasteiger partial charge in [0.05, 0.1) is 6.07 Å². The van der Waals surface area contributed by atoms with Gasteiger partial charge in [0.1, 0.15) is 6.54 Å². The molecule has 1 N–H and O–H groups in total. The van der Waals surface area contributed by atoms with Crippen LogP contribution in [0.2, 0.25) is 0 Å². The van der Waals surface area contributed by atoms with Gasteiger partial charge in [-0.2, -0.15) is 5.26 Å². The van der Waals surface area contributed by atoms with Crippen LogP contribution in [0.15, 0.2) is 0 Å². The summed E-state index contributed by atoms with van der Waals surface area (Å²) in [6, 6.07) is 1.74. The predicted octanol–water partition coefficient (Wildman–Crippen LogP) is 0.273. The summed E-state index contributed by atoms with van der Waals surface area (Å²) < 4.78 is 0. The molecule has 0 bridgehead atoms. The second-order valence-corrected chi connectivity index (χ2v) is 3.43. The van der Waals surface area contributed by atoms with Crippen LogP contribution in [-0.2, 0) is 9.59 Å². The first-order chi connectivity index (χ1) is 7.04. The third kappa shape index (κ3) is 4.45. The number of hydrogen-bond donors (Lipinski definition) is 1. The zero-order valence-electron chi connectivity index (χ0n) is 9.41. The molecule has 0 atom stereocenters. The maximum Gasteiger partial charge on any atom is 0.312 e. The van der Waals surface area contributed by atoms with Gasteiger partial charge in [0, 0.05) is 12.6 Å². The second kappa shape index (κ2) is 6.82. The van der Waals surface area contributed by atoms with Gasteiger partial charge in [-0.05, 0) is 20.3 Å². The van der Waals surface area contributed by atoms with E-state index in [4.69, 9.17) is 5.26 Å². The third-order valence-electron chi connectivity index (χ3n) is 1.87. The lowest BCUT2D eigenvalue weighted by Crippen LogP contribution is -2.46. The molecule has 15 heavy (non-hydrogen) atoms. The van der Waals surface area contributed by atoms with Gasteiger partial charge in [0.25, 0.3) is 0 Å². The van der Waals surface area contributed by atoms with E-state index < -0.39 is 11.8 Å². The maximum atomic E-state index is 11.6. The zero-order valence-corrected chi connectivity index (χ0v) is 9.41. The zero-order chi connectivity index (χ0) is 11.8. The Hall–Kier alpha value is -1.57. The van der Waals surface area contributed by atoms with E-state index in [-0.39, 0.29) is 12.6 Å². The minimum absolute atomic E-state index is 0.00899. The summed E-state index contributed by atoms with van der Waals surface area (Å²) in [5, 5.41) is 10.5. The summed E-state index contributed by atoms with van der Waals surface area (Å²) in [4.78, 5) is 24.3. The molecular weight excluding hydrogens is 194 g/mol. The number of carbonyl (C=O) groups is 2. The van der Waals surface area contributed by atoms with Crippen LogP contribution in [0.5, 0.6) is 0 Å². The van der Waals surface area contributed by atoms with E-state index in [2.05, 4.69) is 5.32 Å². The van der Waals surface area contributed by atoms with Gasteiger partial charge >= 0.3 is 11.8 Å². The minimum Gasteiger partial charge on any atom is -0.335 e. The van der Waals surface area contributed by atoms with Crippen LogP contribution in [-0.4, -0.2) is 35.8 Å². The topological polar surface area (TPSA) is 73.2 Å². The van der Waals surface area contributed by atoms with Crippen molar-refractivity contribution in [2.75, 3.05) is 13.1 Å². The third-order valence-corrected chi connectivity index (χ3v) is 1.87. The largest absolute Gasteiger partial charge is 0.335 e. The number of nitrogens with one attached hydrogen (secondary N) is 1. The van der Waals surface area contributed by atoms with Gasteiger partial charge in [0.15, 0.2) is 0 Å². The lowest BCUT2D eigenvalue weighted by Gasteiger charge is -2.25. The van der Waals surface area contributed by atoms with Crippen molar-refractivity contribution in [2.45, 2.75) is 33.2 Å². The van der Waals surface area contributed by atoms with Crippen LogP contribution in [0.25, 0.3) is 0 Å². The first-order valence-electron chi connectivity index (χ1n) is 5.00. The van der Waals surface area contributed by atoms with E-state index in [1.807, 2.05) is 20.8 Å². The van der Waals surface area contributed by atoms with Crippen molar-refractivity contribution in [1.29, 1.82) is 5.26 Å². The van der Waals surface area contributed by atoms with Crippen LogP contribution in [0.3, 0.4) is 0 Å². The molecule has 0 saturated heterocycles. The minimum atomic E-state index is -0.710. The van der Waals surface area contributed by atoms with Gasteiger partial charge in [-0.1, -0.05) is 6.92 Å². The molecule has 0 heterocycles. The Labute approximate surface area is 90.0 Å². The normalized spacial score (nSPS) is 9.53. The van der Waals surface area contributed by atoms with Crippen LogP contribution < -0.4 is 5.32 Å². The van der Waals surface area contributed by atoms with Gasteiger partial charge < -0.3 is 10.2 Å². The van der Waals surface area contributed by atoms with Crippen molar-refractivity contribution < 1.29 is 9.59 Å². The molecule has 0 unspecified atom stereocenters. The Morgan fingerprint density at radius 3 is 2.47 bits per heavy atom. The van der Waals surface area contributed by atoms with Gasteiger partial charge in [-0.15, -0.1) is 0 Å². The molecule has 5 nitrogen and oxygen atoms in total. The Kier molecular flexibility index (Phi) is 6.11. The first kappa shape index (κ1) is 13.4. The lowest BCUT2D eigenvalue weighted by atomic mass is 10.2. The summed E-state index contributed by atoms with van der Waals surface area (Å²) in [6.07, 6.45) is 0.801. The highest BCUT2D eigenvalue weighted by atomic mass is 16.2. The Balaban J connectivity index is 4.37. The summed E-state index contributed by atoms with van der Waals surface area (Å²) in [6.45, 7) is 6.06. The van der Waals surface area contributed by atoms with Crippen molar-refractivity contribution in [3.05, 3.63) is 0 Å². The Morgan fingerprint density at radius 2 is 2.07 bits per heavy atom. The fraction of sp³-hybridized carbons (Fsp3) is 0.700. The summed E-state index contributed by atoms with van der Waals surface area (Å²) in [7, 11) is 0. The first-order valence-corrected chi connectivity index (χ1v) is 5.00. The molecule has 0 saturated carbocycles. The molecular formula is C10H17N3O2. The van der Waals surface area contributed by atoms with Gasteiger partial charge in [0.2, 0.25) is 0 Å². The lowest BCUT2D eigenvalue weighted by molar-refractivity contribution is -0.146. The SMILES string of the molecule is CCCN(C(=O)C(=O)NCC#N)C(C)C. The van der Waals surface area contributed by atoms with Gasteiger partial charge in [-0.3, -0.25) is 9.59 Å². The summed E-state index contributed by atoms with van der Waals surface area (Å²) in [5.41, 5.74) is 0. The number of nitrogens with zero attached hydrogens (tertiary/aromatic N) is 2. The van der Waals surface area contributed by atoms with E-state index in [0.717, 1.165) is 6.42 Å². The molecule has 0 rings (SSSR count). The van der Waals surface area contributed by atoms with E-state index in [1.165, 1.54) is 4.90 Å². The number of nitriles is 1. The summed E-state index contributed by atoms with van der Waals surface area (Å²) in [5.74, 6) is -1.28. The van der Waals surface area contributed by atoms with Crippen LogP contribution in [0.1, 0.15) is 27.2 Å². The predicted molar refractivity (Wildman–Crippen MR) is 55.8 cm³/mol. The highest BCUT2D eigenvalue weighted by molar-refractivity contribution is 6.35. The molecule has 0 aliphatic rings. The van der Waals surface area contributed by atoms with Crippen LogP contribution >= 0.6 is 0 Å². The number of rotatable bonds is 4. The monoisotopic (exact) mass is 211 g/mol. The standard InChI is InChI=1S/C10H17N3O2/c1-4-7-13(8(2)3)10(15)9(14)12-6-5-11/h8H,4,6-7H2,1-3H3,(H,12,14). The number of hydrogen-bond acceptors (Lipinski definition) is 3. The number of amides is 2. The molecule has 5 heteroatoms. The van der Waals surface area contributed by atoms with Crippen LogP contribution in [0, 0.1) is 11.3 Å². The van der Waals surface area contributed by atoms with E-state index in [0.29, 0.717) is 6.54 Å². The average Bonchev–Trinajstić information content (AvgIpc) is 2.21. The molecule has 0 aromatic rings. The highest BCUT2D eigenvalue weighted by Crippen LogP contribution is 2.00. The average molecular weight is 211 g/mol. The molecule has 84 valence electrons. The van der Waals surface area contributed by atoms with Crippen molar-refractivity contribution >= 4 is 11.8 Å². The molecule has 0 aliphatic carbocycles. The molecule has 0 aromatic carbocycles. The Morgan fingerprint density at radius 1 is 1.47 bits per heavy atom. The van der Waals surface area contributed by atoms with Gasteiger partial charge in [-0.25, -0.2) is 0 Å². The van der Waals surface area contributed by atoms with Crippen molar-refractivity contribution in [1.82, 2.24) is 10.2 Å². The van der Waals surface area contributed by atoms with Crippen molar-refractivity contribution in [3.8, 4) is 6.07 Å². The smallest absolute Gasteiger partial charge is 0.312 e. The fourth-order valence-electron chi connectivity index (χ4n) is 1.16. The maximum absolute atomic E-state index is 11.6. The molecule has 0 fully saturated rings. The Bertz CT molecular complexity index is 268.